The fraction of sp³-hybridized carbons (Fsp3) is 0.500. The number of nitrogen functional groups attached to an aromatic ring is 1. The van der Waals surface area contributed by atoms with E-state index in [0.29, 0.717) is 37.7 Å². The highest BCUT2D eigenvalue weighted by Crippen LogP contribution is 2.27. The number of rotatable bonds is 4. The van der Waals surface area contributed by atoms with Crippen LogP contribution in [-0.2, 0) is 9.47 Å². The first-order valence-corrected chi connectivity index (χ1v) is 5.77. The summed E-state index contributed by atoms with van der Waals surface area (Å²) >= 11 is 0. The molecular formula is C12H17FN2O3. The summed E-state index contributed by atoms with van der Waals surface area (Å²) in [6.45, 7) is 2.32. The first-order valence-electron chi connectivity index (χ1n) is 5.77. The molecule has 1 unspecified atom stereocenters. The lowest BCUT2D eigenvalue weighted by molar-refractivity contribution is -0.0818. The SMILES string of the molecule is COc1cc(NCC2COCCO2)c(N)cc1F. The third-order valence-corrected chi connectivity index (χ3v) is 2.73. The maximum atomic E-state index is 13.3. The molecule has 1 aliphatic rings. The molecule has 100 valence electrons. The van der Waals surface area contributed by atoms with Crippen molar-refractivity contribution in [2.45, 2.75) is 6.10 Å². The van der Waals surface area contributed by atoms with Crippen LogP contribution >= 0.6 is 0 Å². The molecule has 3 N–H and O–H groups in total. The van der Waals surface area contributed by atoms with Crippen molar-refractivity contribution in [2.75, 3.05) is 44.5 Å². The molecule has 6 heteroatoms. The van der Waals surface area contributed by atoms with Crippen molar-refractivity contribution < 1.29 is 18.6 Å². The van der Waals surface area contributed by atoms with Gasteiger partial charge in [-0.1, -0.05) is 0 Å². The zero-order valence-electron chi connectivity index (χ0n) is 10.2. The lowest BCUT2D eigenvalue weighted by Gasteiger charge is -2.24. The Morgan fingerprint density at radius 1 is 1.50 bits per heavy atom. The number of halogens is 1. The molecule has 1 atom stereocenters. The number of methoxy groups -OCH3 is 1. The average Bonchev–Trinajstić information content (AvgIpc) is 2.39. The predicted molar refractivity (Wildman–Crippen MR) is 66.4 cm³/mol. The maximum absolute atomic E-state index is 13.3. The molecule has 5 nitrogen and oxygen atoms in total. The van der Waals surface area contributed by atoms with Crippen molar-refractivity contribution in [3.05, 3.63) is 17.9 Å². The van der Waals surface area contributed by atoms with E-state index < -0.39 is 5.82 Å². The molecule has 1 aliphatic heterocycles. The molecule has 0 bridgehead atoms. The quantitative estimate of drug-likeness (QED) is 0.793. The van der Waals surface area contributed by atoms with Crippen LogP contribution in [0.4, 0.5) is 15.8 Å². The molecule has 1 heterocycles. The fourth-order valence-electron chi connectivity index (χ4n) is 1.76. The molecule has 2 rings (SSSR count). The van der Waals surface area contributed by atoms with E-state index in [2.05, 4.69) is 5.32 Å². The predicted octanol–water partition coefficient (Wildman–Crippen LogP) is 1.24. The van der Waals surface area contributed by atoms with Gasteiger partial charge in [-0.3, -0.25) is 0 Å². The summed E-state index contributed by atoms with van der Waals surface area (Å²) in [4.78, 5) is 0. The standard InChI is InChI=1S/C12H17FN2O3/c1-16-12-5-11(10(14)4-9(12)13)15-6-8-7-17-2-3-18-8/h4-5,8,15H,2-3,6-7,14H2,1H3. The second kappa shape index (κ2) is 5.88. The summed E-state index contributed by atoms with van der Waals surface area (Å²) < 4.78 is 29.0. The van der Waals surface area contributed by atoms with E-state index in [1.807, 2.05) is 0 Å². The van der Waals surface area contributed by atoms with Gasteiger partial charge in [-0.05, 0) is 0 Å². The molecule has 0 amide bonds. The molecule has 1 aromatic rings. The fourth-order valence-corrected chi connectivity index (χ4v) is 1.76. The molecule has 0 aromatic heterocycles. The largest absolute Gasteiger partial charge is 0.494 e. The van der Waals surface area contributed by atoms with Crippen LogP contribution in [0, 0.1) is 5.82 Å². The Hall–Kier alpha value is -1.53. The number of ether oxygens (including phenoxy) is 3. The van der Waals surface area contributed by atoms with Crippen LogP contribution in [0.2, 0.25) is 0 Å². The third-order valence-electron chi connectivity index (χ3n) is 2.73. The summed E-state index contributed by atoms with van der Waals surface area (Å²) in [6.07, 6.45) is -0.0193. The molecule has 0 aliphatic carbocycles. The van der Waals surface area contributed by atoms with Crippen LogP contribution in [0.5, 0.6) is 5.75 Å². The lowest BCUT2D eigenvalue weighted by atomic mass is 10.2. The summed E-state index contributed by atoms with van der Waals surface area (Å²) in [7, 11) is 1.41. The van der Waals surface area contributed by atoms with Crippen molar-refractivity contribution in [3.63, 3.8) is 0 Å². The van der Waals surface area contributed by atoms with Gasteiger partial charge >= 0.3 is 0 Å². The van der Waals surface area contributed by atoms with E-state index in [0.717, 1.165) is 0 Å². The van der Waals surface area contributed by atoms with Crippen LogP contribution in [0.3, 0.4) is 0 Å². The zero-order chi connectivity index (χ0) is 13.0. The average molecular weight is 256 g/mol. The van der Waals surface area contributed by atoms with Crippen LogP contribution < -0.4 is 15.8 Å². The lowest BCUT2D eigenvalue weighted by Crippen LogP contribution is -2.34. The molecule has 0 radical (unpaired) electrons. The first-order chi connectivity index (χ1) is 8.70. The third kappa shape index (κ3) is 3.02. The number of benzene rings is 1. The van der Waals surface area contributed by atoms with E-state index in [4.69, 9.17) is 19.9 Å². The Kier molecular flexibility index (Phi) is 4.22. The van der Waals surface area contributed by atoms with Gasteiger partial charge in [0.25, 0.3) is 0 Å². The van der Waals surface area contributed by atoms with E-state index >= 15 is 0 Å². The highest BCUT2D eigenvalue weighted by atomic mass is 19.1. The van der Waals surface area contributed by atoms with Crippen LogP contribution in [-0.4, -0.2) is 39.6 Å². The molecule has 0 spiro atoms. The summed E-state index contributed by atoms with van der Waals surface area (Å²) in [5.41, 5.74) is 6.70. The minimum Gasteiger partial charge on any atom is -0.494 e. The Balaban J connectivity index is 1.99. The second-order valence-corrected chi connectivity index (χ2v) is 4.02. The smallest absolute Gasteiger partial charge is 0.167 e. The van der Waals surface area contributed by atoms with Crippen LogP contribution in [0.25, 0.3) is 0 Å². The van der Waals surface area contributed by atoms with Crippen molar-refractivity contribution >= 4 is 11.4 Å². The highest BCUT2D eigenvalue weighted by molar-refractivity contribution is 5.68. The van der Waals surface area contributed by atoms with E-state index in [1.165, 1.54) is 19.2 Å². The van der Waals surface area contributed by atoms with Crippen LogP contribution in [0.15, 0.2) is 12.1 Å². The zero-order valence-corrected chi connectivity index (χ0v) is 10.2. The molecule has 0 saturated carbocycles. The van der Waals surface area contributed by atoms with Gasteiger partial charge in [0.1, 0.15) is 0 Å². The number of hydrogen-bond donors (Lipinski definition) is 2. The van der Waals surface area contributed by atoms with Gasteiger partial charge < -0.3 is 25.3 Å². The summed E-state index contributed by atoms with van der Waals surface area (Å²) in [5, 5.41) is 3.11. The molecular weight excluding hydrogens is 239 g/mol. The van der Waals surface area contributed by atoms with Crippen molar-refractivity contribution in [2.24, 2.45) is 0 Å². The maximum Gasteiger partial charge on any atom is 0.167 e. The van der Waals surface area contributed by atoms with Crippen molar-refractivity contribution in [1.82, 2.24) is 0 Å². The Morgan fingerprint density at radius 3 is 3.00 bits per heavy atom. The van der Waals surface area contributed by atoms with Gasteiger partial charge in [-0.15, -0.1) is 0 Å². The van der Waals surface area contributed by atoms with Crippen LogP contribution in [0.1, 0.15) is 0 Å². The van der Waals surface area contributed by atoms with Crippen molar-refractivity contribution in [1.29, 1.82) is 0 Å². The van der Waals surface area contributed by atoms with Gasteiger partial charge in [-0.25, -0.2) is 4.39 Å². The number of hydrogen-bond acceptors (Lipinski definition) is 5. The van der Waals surface area contributed by atoms with Gasteiger partial charge in [0.2, 0.25) is 0 Å². The van der Waals surface area contributed by atoms with Gasteiger partial charge in [0.05, 0.1) is 44.4 Å². The minimum atomic E-state index is -0.474. The Morgan fingerprint density at radius 2 is 2.33 bits per heavy atom. The summed E-state index contributed by atoms with van der Waals surface area (Å²) in [6, 6.07) is 2.77. The first kappa shape index (κ1) is 12.9. The highest BCUT2D eigenvalue weighted by Gasteiger charge is 2.15. The number of nitrogens with two attached hydrogens (primary N) is 1. The second-order valence-electron chi connectivity index (χ2n) is 4.02. The van der Waals surface area contributed by atoms with Crippen molar-refractivity contribution in [3.8, 4) is 5.75 Å². The monoisotopic (exact) mass is 256 g/mol. The van der Waals surface area contributed by atoms with Gasteiger partial charge in [0.15, 0.2) is 11.6 Å². The van der Waals surface area contributed by atoms with E-state index in [1.54, 1.807) is 0 Å². The minimum absolute atomic E-state index is 0.0193. The molecule has 1 aromatic carbocycles. The van der Waals surface area contributed by atoms with E-state index in [-0.39, 0.29) is 11.9 Å². The topological polar surface area (TPSA) is 65.7 Å². The number of anilines is 2. The Labute approximate surface area is 105 Å². The summed E-state index contributed by atoms with van der Waals surface area (Å²) in [5.74, 6) is -0.315. The molecule has 18 heavy (non-hydrogen) atoms. The van der Waals surface area contributed by atoms with Gasteiger partial charge in [0, 0.05) is 18.7 Å². The normalized spacial score (nSPS) is 19.6. The molecule has 1 fully saturated rings. The Bertz CT molecular complexity index is 409. The molecule has 1 saturated heterocycles. The van der Waals surface area contributed by atoms with E-state index in [9.17, 15) is 4.39 Å². The van der Waals surface area contributed by atoms with Gasteiger partial charge in [-0.2, -0.15) is 0 Å². The number of nitrogens with one attached hydrogen (secondary N) is 1.